The second kappa shape index (κ2) is 10.3. The number of rotatable bonds is 8. The summed E-state index contributed by atoms with van der Waals surface area (Å²) in [6, 6.07) is 16.4. The van der Waals surface area contributed by atoms with Gasteiger partial charge < -0.3 is 14.8 Å². The molecule has 1 fully saturated rings. The van der Waals surface area contributed by atoms with Crippen molar-refractivity contribution >= 4 is 28.4 Å². The fourth-order valence-electron chi connectivity index (χ4n) is 4.74. The van der Waals surface area contributed by atoms with Crippen molar-refractivity contribution in [2.75, 3.05) is 26.2 Å². The van der Waals surface area contributed by atoms with Crippen LogP contribution in [0.15, 0.2) is 54.7 Å². The number of para-hydroxylation sites is 1. The molecular weight excluding hydrogens is 406 g/mol. The van der Waals surface area contributed by atoms with Crippen LogP contribution in [-0.2, 0) is 11.3 Å². The predicted octanol–water partition coefficient (Wildman–Crippen LogP) is 5.44. The molecule has 4 rings (SSSR count). The van der Waals surface area contributed by atoms with Crippen molar-refractivity contribution in [1.82, 2.24) is 14.8 Å². The minimum atomic E-state index is -0.0358. The summed E-state index contributed by atoms with van der Waals surface area (Å²) in [5.41, 5.74) is 3.47. The van der Waals surface area contributed by atoms with E-state index in [1.165, 1.54) is 35.7 Å². The standard InChI is InChI=1S/C26H32ClN3O/c1-2-30-19-24(22-11-4-5-12-25(22)30)23(20-9-8-10-21(27)17-20)18-26(31)28-13-16-29-14-6-3-7-15-29/h4-5,8-12,17,19,23H,2-3,6-7,13-16,18H2,1H3,(H,28,31). The number of halogens is 1. The summed E-state index contributed by atoms with van der Waals surface area (Å²) in [7, 11) is 0. The van der Waals surface area contributed by atoms with E-state index in [-0.39, 0.29) is 11.8 Å². The Balaban J connectivity index is 1.55. The molecule has 0 aliphatic carbocycles. The molecule has 2 aromatic carbocycles. The molecule has 1 unspecified atom stereocenters. The zero-order valence-corrected chi connectivity index (χ0v) is 19.1. The second-order valence-corrected chi connectivity index (χ2v) is 8.89. The van der Waals surface area contributed by atoms with Gasteiger partial charge in [-0.1, -0.05) is 48.4 Å². The third-order valence-corrected chi connectivity index (χ3v) is 6.61. The van der Waals surface area contributed by atoms with E-state index in [1.807, 2.05) is 18.2 Å². The minimum Gasteiger partial charge on any atom is -0.355 e. The smallest absolute Gasteiger partial charge is 0.220 e. The summed E-state index contributed by atoms with van der Waals surface area (Å²) in [6.45, 7) is 6.98. The van der Waals surface area contributed by atoms with Gasteiger partial charge in [0.2, 0.25) is 5.91 Å². The van der Waals surface area contributed by atoms with Crippen molar-refractivity contribution < 1.29 is 4.79 Å². The second-order valence-electron chi connectivity index (χ2n) is 8.45. The number of aryl methyl sites for hydroxylation is 1. The van der Waals surface area contributed by atoms with Crippen molar-refractivity contribution in [3.63, 3.8) is 0 Å². The topological polar surface area (TPSA) is 37.3 Å². The molecule has 1 amide bonds. The van der Waals surface area contributed by atoms with Crippen LogP contribution in [0.2, 0.25) is 5.02 Å². The number of aromatic nitrogens is 1. The van der Waals surface area contributed by atoms with Crippen molar-refractivity contribution in [3.05, 3.63) is 70.9 Å². The number of likely N-dealkylation sites (tertiary alicyclic amines) is 1. The number of carbonyl (C=O) groups is 1. The molecular formula is C26H32ClN3O. The molecule has 1 aliphatic heterocycles. The first kappa shape index (κ1) is 21.9. The van der Waals surface area contributed by atoms with Crippen LogP contribution in [0.25, 0.3) is 10.9 Å². The summed E-state index contributed by atoms with van der Waals surface area (Å²) in [5, 5.41) is 5.07. The van der Waals surface area contributed by atoms with Gasteiger partial charge in [-0.05, 0) is 62.2 Å². The number of amides is 1. The van der Waals surface area contributed by atoms with E-state index in [0.29, 0.717) is 18.0 Å². The SMILES string of the molecule is CCn1cc(C(CC(=O)NCCN2CCCCC2)c2cccc(Cl)c2)c2ccccc21. The van der Waals surface area contributed by atoms with E-state index < -0.39 is 0 Å². The Bertz CT molecular complexity index is 1020. The molecule has 0 spiro atoms. The number of piperidine rings is 1. The minimum absolute atomic E-state index is 0.0358. The fourth-order valence-corrected chi connectivity index (χ4v) is 4.94. The van der Waals surface area contributed by atoms with E-state index >= 15 is 0 Å². The highest BCUT2D eigenvalue weighted by molar-refractivity contribution is 6.30. The van der Waals surface area contributed by atoms with Gasteiger partial charge in [-0.3, -0.25) is 4.79 Å². The number of benzene rings is 2. The van der Waals surface area contributed by atoms with Gasteiger partial charge in [0.15, 0.2) is 0 Å². The molecule has 1 aromatic heterocycles. The van der Waals surface area contributed by atoms with Crippen molar-refractivity contribution in [1.29, 1.82) is 0 Å². The molecule has 3 aromatic rings. The monoisotopic (exact) mass is 437 g/mol. The Labute approximate surface area is 190 Å². The lowest BCUT2D eigenvalue weighted by molar-refractivity contribution is -0.121. The number of nitrogens with zero attached hydrogens (tertiary/aromatic N) is 2. The number of fused-ring (bicyclic) bond motifs is 1. The molecule has 164 valence electrons. The van der Waals surface area contributed by atoms with Crippen LogP contribution in [0, 0.1) is 0 Å². The van der Waals surface area contributed by atoms with Crippen LogP contribution in [0.5, 0.6) is 0 Å². The molecule has 1 atom stereocenters. The van der Waals surface area contributed by atoms with Crippen molar-refractivity contribution in [2.24, 2.45) is 0 Å². The Morgan fingerprint density at radius 2 is 1.90 bits per heavy atom. The molecule has 2 heterocycles. The third-order valence-electron chi connectivity index (χ3n) is 6.37. The van der Waals surface area contributed by atoms with Crippen molar-refractivity contribution in [2.45, 2.75) is 45.1 Å². The highest BCUT2D eigenvalue weighted by atomic mass is 35.5. The van der Waals surface area contributed by atoms with E-state index in [4.69, 9.17) is 11.6 Å². The molecule has 0 radical (unpaired) electrons. The Kier molecular flexibility index (Phi) is 7.31. The van der Waals surface area contributed by atoms with Crippen LogP contribution < -0.4 is 5.32 Å². The Morgan fingerprint density at radius 3 is 2.68 bits per heavy atom. The van der Waals surface area contributed by atoms with Crippen LogP contribution in [0.1, 0.15) is 49.7 Å². The van der Waals surface area contributed by atoms with Crippen LogP contribution in [-0.4, -0.2) is 41.6 Å². The predicted molar refractivity (Wildman–Crippen MR) is 129 cm³/mol. The average molecular weight is 438 g/mol. The molecule has 4 nitrogen and oxygen atoms in total. The van der Waals surface area contributed by atoms with Crippen molar-refractivity contribution in [3.8, 4) is 0 Å². The Morgan fingerprint density at radius 1 is 1.10 bits per heavy atom. The lowest BCUT2D eigenvalue weighted by Crippen LogP contribution is -2.38. The molecule has 0 saturated carbocycles. The molecule has 5 heteroatoms. The Hall–Kier alpha value is -2.30. The number of hydrogen-bond donors (Lipinski definition) is 1. The first-order chi connectivity index (χ1) is 15.2. The van der Waals surface area contributed by atoms with Gasteiger partial charge in [-0.2, -0.15) is 0 Å². The molecule has 31 heavy (non-hydrogen) atoms. The van der Waals surface area contributed by atoms with E-state index in [9.17, 15) is 4.79 Å². The summed E-state index contributed by atoms with van der Waals surface area (Å²) in [4.78, 5) is 15.4. The van der Waals surface area contributed by atoms with Crippen LogP contribution >= 0.6 is 11.6 Å². The highest BCUT2D eigenvalue weighted by Gasteiger charge is 2.23. The normalized spacial score (nSPS) is 15.8. The van der Waals surface area contributed by atoms with Gasteiger partial charge >= 0.3 is 0 Å². The van der Waals surface area contributed by atoms with Gasteiger partial charge in [0.25, 0.3) is 0 Å². The summed E-state index contributed by atoms with van der Waals surface area (Å²) >= 11 is 6.32. The zero-order valence-electron chi connectivity index (χ0n) is 18.3. The van der Waals surface area contributed by atoms with Gasteiger partial charge in [0, 0.05) is 54.1 Å². The van der Waals surface area contributed by atoms with Crippen LogP contribution in [0.4, 0.5) is 0 Å². The summed E-state index contributed by atoms with van der Waals surface area (Å²) in [5.74, 6) is 0.0571. The van der Waals surface area contributed by atoms with Gasteiger partial charge in [-0.25, -0.2) is 0 Å². The lowest BCUT2D eigenvalue weighted by atomic mass is 9.88. The fraction of sp³-hybridized carbons (Fsp3) is 0.423. The van der Waals surface area contributed by atoms with Gasteiger partial charge in [0.05, 0.1) is 0 Å². The zero-order chi connectivity index (χ0) is 21.6. The average Bonchev–Trinajstić information content (AvgIpc) is 3.17. The number of hydrogen-bond acceptors (Lipinski definition) is 2. The number of nitrogens with one attached hydrogen (secondary N) is 1. The maximum absolute atomic E-state index is 13.0. The maximum atomic E-state index is 13.0. The van der Waals surface area contributed by atoms with E-state index in [1.54, 1.807) is 0 Å². The maximum Gasteiger partial charge on any atom is 0.220 e. The molecule has 0 bridgehead atoms. The summed E-state index contributed by atoms with van der Waals surface area (Å²) < 4.78 is 2.26. The third kappa shape index (κ3) is 5.31. The largest absolute Gasteiger partial charge is 0.355 e. The van der Waals surface area contributed by atoms with E-state index in [0.717, 1.165) is 31.7 Å². The first-order valence-corrected chi connectivity index (χ1v) is 11.9. The lowest BCUT2D eigenvalue weighted by Gasteiger charge is -2.26. The quantitative estimate of drug-likeness (QED) is 0.509. The van der Waals surface area contributed by atoms with Gasteiger partial charge in [-0.15, -0.1) is 0 Å². The first-order valence-electron chi connectivity index (χ1n) is 11.5. The number of carbonyl (C=O) groups excluding carboxylic acids is 1. The molecule has 1 saturated heterocycles. The van der Waals surface area contributed by atoms with E-state index in [2.05, 4.69) is 58.2 Å². The highest BCUT2D eigenvalue weighted by Crippen LogP contribution is 2.35. The van der Waals surface area contributed by atoms with Gasteiger partial charge in [0.1, 0.15) is 0 Å². The van der Waals surface area contributed by atoms with Crippen LogP contribution in [0.3, 0.4) is 0 Å². The summed E-state index contributed by atoms with van der Waals surface area (Å²) in [6.07, 6.45) is 6.49. The molecule has 1 N–H and O–H groups in total. The molecule has 1 aliphatic rings.